The van der Waals surface area contributed by atoms with E-state index in [1.807, 2.05) is 54.0 Å². The molecule has 5 nitrogen and oxygen atoms in total. The standard InChI is InChI=1S/C17H16N3O2S/c21-17(22-13-14-4-2-1-3-5-14)7-10-20-9-6-15(12-18-20)16-8-11-23-19-16/h1-6,8-9,11-12H,7,10,13H2/q+1. The fraction of sp³-hybridized carbons (Fsp3) is 0.176. The van der Waals surface area contributed by atoms with E-state index in [1.54, 1.807) is 10.9 Å². The number of benzene rings is 1. The molecular formula is C17H16N3O2S+. The molecule has 0 amide bonds. The van der Waals surface area contributed by atoms with E-state index in [9.17, 15) is 4.79 Å². The predicted octanol–water partition coefficient (Wildman–Crippen LogP) is 2.63. The van der Waals surface area contributed by atoms with E-state index >= 15 is 0 Å². The van der Waals surface area contributed by atoms with E-state index < -0.39 is 0 Å². The van der Waals surface area contributed by atoms with E-state index in [0.717, 1.165) is 16.8 Å². The molecular weight excluding hydrogens is 310 g/mol. The van der Waals surface area contributed by atoms with Gasteiger partial charge in [-0.3, -0.25) is 4.79 Å². The Morgan fingerprint density at radius 2 is 2.04 bits per heavy atom. The molecule has 0 fully saturated rings. The lowest BCUT2D eigenvalue weighted by molar-refractivity contribution is -0.752. The highest BCUT2D eigenvalue weighted by Gasteiger charge is 2.10. The maximum absolute atomic E-state index is 11.8. The second-order valence-corrected chi connectivity index (χ2v) is 5.63. The molecule has 6 heteroatoms. The van der Waals surface area contributed by atoms with Crippen molar-refractivity contribution in [2.45, 2.75) is 19.6 Å². The normalized spacial score (nSPS) is 10.4. The molecule has 0 radical (unpaired) electrons. The van der Waals surface area contributed by atoms with Crippen molar-refractivity contribution in [1.82, 2.24) is 9.47 Å². The molecule has 2 aromatic heterocycles. The number of aryl methyl sites for hydroxylation is 1. The van der Waals surface area contributed by atoms with Gasteiger partial charge in [0.25, 0.3) is 0 Å². The maximum atomic E-state index is 11.8. The Morgan fingerprint density at radius 3 is 2.74 bits per heavy atom. The van der Waals surface area contributed by atoms with Gasteiger partial charge in [0.05, 0.1) is 5.69 Å². The van der Waals surface area contributed by atoms with Crippen LogP contribution in [0.15, 0.2) is 60.2 Å². The maximum Gasteiger partial charge on any atom is 0.312 e. The van der Waals surface area contributed by atoms with Crippen LogP contribution in [-0.4, -0.2) is 15.4 Å². The zero-order chi connectivity index (χ0) is 15.9. The number of hydrogen-bond acceptors (Lipinski definition) is 5. The van der Waals surface area contributed by atoms with Gasteiger partial charge >= 0.3 is 5.97 Å². The molecule has 0 saturated carbocycles. The minimum atomic E-state index is -0.230. The molecule has 0 unspecified atom stereocenters. The van der Waals surface area contributed by atoms with E-state index in [1.165, 1.54) is 11.5 Å². The lowest BCUT2D eigenvalue weighted by Gasteiger charge is -2.03. The predicted molar refractivity (Wildman–Crippen MR) is 86.4 cm³/mol. The van der Waals surface area contributed by atoms with Crippen LogP contribution < -0.4 is 4.68 Å². The topological polar surface area (TPSA) is 56.0 Å². The number of ether oxygens (including phenoxy) is 1. The summed E-state index contributed by atoms with van der Waals surface area (Å²) in [7, 11) is 0. The Kier molecular flexibility index (Phi) is 5.06. The van der Waals surface area contributed by atoms with Gasteiger partial charge in [0.15, 0.2) is 12.7 Å². The van der Waals surface area contributed by atoms with Gasteiger partial charge < -0.3 is 4.74 Å². The first-order valence-corrected chi connectivity index (χ1v) is 8.11. The summed E-state index contributed by atoms with van der Waals surface area (Å²) in [5.74, 6) is -0.230. The van der Waals surface area contributed by atoms with Crippen molar-refractivity contribution in [2.24, 2.45) is 0 Å². The number of carbonyl (C=O) groups is 1. The quantitative estimate of drug-likeness (QED) is 0.516. The smallest absolute Gasteiger partial charge is 0.312 e. The van der Waals surface area contributed by atoms with Crippen molar-refractivity contribution in [3.05, 3.63) is 65.8 Å². The molecule has 0 saturated heterocycles. The molecule has 116 valence electrons. The van der Waals surface area contributed by atoms with Crippen molar-refractivity contribution in [3.8, 4) is 11.3 Å². The Hall–Kier alpha value is -2.60. The zero-order valence-electron chi connectivity index (χ0n) is 12.5. The highest BCUT2D eigenvalue weighted by atomic mass is 32.1. The molecule has 1 aromatic carbocycles. The number of nitrogens with zero attached hydrogens (tertiary/aromatic N) is 3. The highest BCUT2D eigenvalue weighted by Crippen LogP contribution is 2.15. The molecule has 3 aromatic rings. The van der Waals surface area contributed by atoms with Gasteiger partial charge in [0.2, 0.25) is 0 Å². The Labute approximate surface area is 138 Å². The molecule has 0 aliphatic rings. The first-order valence-electron chi connectivity index (χ1n) is 7.27. The molecule has 3 rings (SSSR count). The van der Waals surface area contributed by atoms with Crippen molar-refractivity contribution in [1.29, 1.82) is 0 Å². The molecule has 0 N–H and O–H groups in total. The third kappa shape index (κ3) is 4.43. The van der Waals surface area contributed by atoms with Crippen LogP contribution in [0.1, 0.15) is 12.0 Å². The fourth-order valence-corrected chi connectivity index (χ4v) is 2.58. The summed E-state index contributed by atoms with van der Waals surface area (Å²) in [5, 5.41) is 6.23. The number of aromatic nitrogens is 3. The highest BCUT2D eigenvalue weighted by molar-refractivity contribution is 7.03. The second-order valence-electron chi connectivity index (χ2n) is 4.96. The summed E-state index contributed by atoms with van der Waals surface area (Å²) >= 11 is 1.41. The van der Waals surface area contributed by atoms with Gasteiger partial charge in [-0.05, 0) is 28.3 Å². The summed E-state index contributed by atoms with van der Waals surface area (Å²) < 4.78 is 11.2. The van der Waals surface area contributed by atoms with Crippen molar-refractivity contribution < 1.29 is 14.2 Å². The monoisotopic (exact) mass is 326 g/mol. The molecule has 0 aliphatic carbocycles. The second kappa shape index (κ2) is 7.60. The van der Waals surface area contributed by atoms with E-state index in [4.69, 9.17) is 4.74 Å². The van der Waals surface area contributed by atoms with Crippen molar-refractivity contribution >= 4 is 17.5 Å². The summed E-state index contributed by atoms with van der Waals surface area (Å²) in [4.78, 5) is 11.8. The summed E-state index contributed by atoms with van der Waals surface area (Å²) in [6.07, 6.45) is 3.89. The third-order valence-electron chi connectivity index (χ3n) is 3.29. The molecule has 2 heterocycles. The van der Waals surface area contributed by atoms with Crippen LogP contribution in [0.4, 0.5) is 0 Å². The fourth-order valence-electron chi connectivity index (χ4n) is 2.05. The summed E-state index contributed by atoms with van der Waals surface area (Å²) in [6.45, 7) is 0.797. The summed E-state index contributed by atoms with van der Waals surface area (Å²) in [6, 6.07) is 13.5. The lowest BCUT2D eigenvalue weighted by atomic mass is 10.2. The van der Waals surface area contributed by atoms with Crippen LogP contribution in [0, 0.1) is 0 Å². The first-order chi connectivity index (χ1) is 11.3. The van der Waals surface area contributed by atoms with E-state index in [-0.39, 0.29) is 5.97 Å². The van der Waals surface area contributed by atoms with Gasteiger partial charge in [-0.25, -0.2) is 0 Å². The average Bonchev–Trinajstić information content (AvgIpc) is 3.14. The molecule has 0 aliphatic heterocycles. The largest absolute Gasteiger partial charge is 0.461 e. The van der Waals surface area contributed by atoms with Crippen LogP contribution in [0.25, 0.3) is 11.3 Å². The number of esters is 1. The van der Waals surface area contributed by atoms with Crippen LogP contribution in [-0.2, 0) is 22.7 Å². The number of hydrogen-bond donors (Lipinski definition) is 0. The van der Waals surface area contributed by atoms with Crippen LogP contribution in [0.5, 0.6) is 0 Å². The van der Waals surface area contributed by atoms with Gasteiger partial charge in [0, 0.05) is 17.0 Å². The minimum absolute atomic E-state index is 0.230. The van der Waals surface area contributed by atoms with Gasteiger partial charge in [-0.1, -0.05) is 35.0 Å². The SMILES string of the molecule is O=C(CC[n+]1ccc(-c2ccsn2)cn1)OCc1ccccc1. The number of rotatable bonds is 6. The van der Waals surface area contributed by atoms with Crippen LogP contribution in [0.2, 0.25) is 0 Å². The molecule has 0 atom stereocenters. The Bertz CT molecular complexity index is 743. The molecule has 23 heavy (non-hydrogen) atoms. The lowest BCUT2D eigenvalue weighted by Crippen LogP contribution is -2.38. The van der Waals surface area contributed by atoms with Crippen molar-refractivity contribution in [3.63, 3.8) is 0 Å². The zero-order valence-corrected chi connectivity index (χ0v) is 13.3. The number of carbonyl (C=O) groups excluding carboxylic acids is 1. The van der Waals surface area contributed by atoms with Crippen LogP contribution in [0.3, 0.4) is 0 Å². The van der Waals surface area contributed by atoms with Gasteiger partial charge in [-0.2, -0.15) is 4.37 Å². The Balaban J connectivity index is 1.47. The van der Waals surface area contributed by atoms with Gasteiger partial charge in [-0.15, -0.1) is 0 Å². The van der Waals surface area contributed by atoms with Gasteiger partial charge in [0.1, 0.15) is 19.2 Å². The van der Waals surface area contributed by atoms with Crippen LogP contribution >= 0.6 is 11.5 Å². The van der Waals surface area contributed by atoms with E-state index in [2.05, 4.69) is 9.47 Å². The molecule has 0 spiro atoms. The minimum Gasteiger partial charge on any atom is -0.461 e. The third-order valence-corrected chi connectivity index (χ3v) is 3.85. The van der Waals surface area contributed by atoms with E-state index in [0.29, 0.717) is 19.6 Å². The molecule has 0 bridgehead atoms. The average molecular weight is 326 g/mol. The first kappa shape index (κ1) is 15.3. The van der Waals surface area contributed by atoms with Crippen molar-refractivity contribution in [2.75, 3.05) is 0 Å². The summed E-state index contributed by atoms with van der Waals surface area (Å²) in [5.41, 5.74) is 2.87. The Morgan fingerprint density at radius 1 is 1.17 bits per heavy atom.